The zero-order valence-electron chi connectivity index (χ0n) is 19.0. The normalized spacial score (nSPS) is 18.6. The number of rotatable bonds is 7. The van der Waals surface area contributed by atoms with Crippen molar-refractivity contribution >= 4 is 27.5 Å². The van der Waals surface area contributed by atoms with Gasteiger partial charge in [-0.05, 0) is 36.4 Å². The Morgan fingerprint density at radius 3 is 2.23 bits per heavy atom. The topological polar surface area (TPSA) is 87.2 Å². The summed E-state index contributed by atoms with van der Waals surface area (Å²) >= 11 is 0. The number of sulfone groups is 1. The summed E-state index contributed by atoms with van der Waals surface area (Å²) in [6.45, 7) is 1.42. The quantitative estimate of drug-likeness (QED) is 0.471. The number of amides is 3. The monoisotopic (exact) mass is 491 g/mol. The van der Waals surface area contributed by atoms with Crippen LogP contribution in [0.4, 0.5) is 10.5 Å². The van der Waals surface area contributed by atoms with Gasteiger partial charge in [-0.2, -0.15) is 0 Å². The Labute approximate surface area is 204 Å². The molecule has 2 heterocycles. The Kier molecular flexibility index (Phi) is 6.27. The fourth-order valence-corrected chi connectivity index (χ4v) is 5.72. The lowest BCUT2D eigenvalue weighted by Gasteiger charge is -2.35. The maximum absolute atomic E-state index is 13.4. The molecule has 2 aliphatic rings. The second kappa shape index (κ2) is 9.52. The number of anilines is 1. The van der Waals surface area contributed by atoms with Crippen LogP contribution in [0.3, 0.4) is 0 Å². The molecule has 0 spiro atoms. The molecule has 0 saturated carbocycles. The van der Waals surface area contributed by atoms with Gasteiger partial charge in [0, 0.05) is 26.2 Å². The highest BCUT2D eigenvalue weighted by atomic mass is 32.2. The summed E-state index contributed by atoms with van der Waals surface area (Å²) in [6, 6.07) is 23.4. The van der Waals surface area contributed by atoms with Gasteiger partial charge in [0.15, 0.2) is 15.6 Å². The van der Waals surface area contributed by atoms with Crippen molar-refractivity contribution in [2.24, 2.45) is 0 Å². The lowest BCUT2D eigenvalue weighted by molar-refractivity contribution is -0.121. The Morgan fingerprint density at radius 2 is 1.49 bits per heavy atom. The number of carbonyl (C=O) groups is 2. The Morgan fingerprint density at radius 1 is 0.829 bits per heavy atom. The standard InChI is InChI=1S/C26H25N3O5S/c30-25-23-19-27(17-18-35(32,33)21-11-5-2-6-12-21)15-16-28(23)26(31)29(25)22-13-7-8-14-24(22)34-20-9-3-1-4-10-20/h1-14,23H,15-19H2. The van der Waals surface area contributed by atoms with Crippen molar-refractivity contribution in [3.8, 4) is 11.5 Å². The minimum Gasteiger partial charge on any atom is -0.455 e. The molecule has 0 N–H and O–H groups in total. The molecule has 2 fully saturated rings. The van der Waals surface area contributed by atoms with Crippen LogP contribution in [-0.2, 0) is 14.6 Å². The Balaban J connectivity index is 1.31. The number of benzene rings is 3. The van der Waals surface area contributed by atoms with Crippen LogP contribution in [0.1, 0.15) is 0 Å². The predicted molar refractivity (Wildman–Crippen MR) is 131 cm³/mol. The van der Waals surface area contributed by atoms with Gasteiger partial charge < -0.3 is 9.64 Å². The number of para-hydroxylation sites is 3. The summed E-state index contributed by atoms with van der Waals surface area (Å²) < 4.78 is 31.3. The van der Waals surface area contributed by atoms with Crippen molar-refractivity contribution < 1.29 is 22.7 Å². The fourth-order valence-electron chi connectivity index (χ4n) is 4.42. The molecule has 3 aromatic rings. The molecule has 8 nitrogen and oxygen atoms in total. The largest absolute Gasteiger partial charge is 0.455 e. The molecule has 1 atom stereocenters. The molecule has 0 aliphatic carbocycles. The van der Waals surface area contributed by atoms with Gasteiger partial charge in [-0.25, -0.2) is 18.1 Å². The van der Waals surface area contributed by atoms with Gasteiger partial charge in [-0.1, -0.05) is 48.5 Å². The maximum atomic E-state index is 13.4. The molecule has 0 radical (unpaired) electrons. The molecule has 3 amide bonds. The van der Waals surface area contributed by atoms with Crippen LogP contribution < -0.4 is 9.64 Å². The molecule has 0 aromatic heterocycles. The zero-order valence-corrected chi connectivity index (χ0v) is 19.8. The van der Waals surface area contributed by atoms with Crippen molar-refractivity contribution in [3.05, 3.63) is 84.9 Å². The predicted octanol–water partition coefficient (Wildman–Crippen LogP) is 3.41. The van der Waals surface area contributed by atoms with Gasteiger partial charge in [-0.3, -0.25) is 9.69 Å². The minimum absolute atomic E-state index is 0.0522. The third-order valence-corrected chi connectivity index (χ3v) is 7.97. The molecule has 2 saturated heterocycles. The number of ether oxygens (including phenoxy) is 1. The third-order valence-electron chi connectivity index (χ3n) is 6.26. The van der Waals surface area contributed by atoms with Crippen LogP contribution >= 0.6 is 0 Å². The first-order valence-corrected chi connectivity index (χ1v) is 13.1. The van der Waals surface area contributed by atoms with Gasteiger partial charge in [0.05, 0.1) is 16.3 Å². The third kappa shape index (κ3) is 4.65. The van der Waals surface area contributed by atoms with Crippen molar-refractivity contribution in [3.63, 3.8) is 0 Å². The van der Waals surface area contributed by atoms with Crippen molar-refractivity contribution in [1.29, 1.82) is 0 Å². The second-order valence-electron chi connectivity index (χ2n) is 8.48. The first-order valence-electron chi connectivity index (χ1n) is 11.4. The van der Waals surface area contributed by atoms with E-state index in [0.29, 0.717) is 30.3 Å². The SMILES string of the molecule is O=C1C2CN(CCS(=O)(=O)c3ccccc3)CCN2C(=O)N1c1ccccc1Oc1ccccc1. The molecule has 180 valence electrons. The van der Waals surface area contributed by atoms with Crippen molar-refractivity contribution in [2.75, 3.05) is 36.8 Å². The van der Waals surface area contributed by atoms with Gasteiger partial charge in [0.1, 0.15) is 11.8 Å². The summed E-state index contributed by atoms with van der Waals surface area (Å²) in [6.07, 6.45) is 0. The van der Waals surface area contributed by atoms with Crippen LogP contribution in [0.5, 0.6) is 11.5 Å². The molecule has 9 heteroatoms. The van der Waals surface area contributed by atoms with E-state index < -0.39 is 15.9 Å². The summed E-state index contributed by atoms with van der Waals surface area (Å²) in [4.78, 5) is 31.6. The number of hydrogen-bond donors (Lipinski definition) is 0. The number of carbonyl (C=O) groups excluding carboxylic acids is 2. The van der Waals surface area contributed by atoms with Crippen LogP contribution in [-0.4, -0.2) is 68.1 Å². The van der Waals surface area contributed by atoms with Crippen LogP contribution in [0.15, 0.2) is 89.8 Å². The van der Waals surface area contributed by atoms with E-state index in [1.165, 1.54) is 4.90 Å². The highest BCUT2D eigenvalue weighted by Crippen LogP contribution is 2.36. The van der Waals surface area contributed by atoms with Crippen molar-refractivity contribution in [1.82, 2.24) is 9.80 Å². The highest BCUT2D eigenvalue weighted by Gasteiger charge is 2.49. The number of piperazine rings is 1. The number of hydrogen-bond acceptors (Lipinski definition) is 6. The van der Waals surface area contributed by atoms with E-state index >= 15 is 0 Å². The summed E-state index contributed by atoms with van der Waals surface area (Å²) in [5.41, 5.74) is 0.388. The van der Waals surface area contributed by atoms with Gasteiger partial charge in [-0.15, -0.1) is 0 Å². The molecular weight excluding hydrogens is 466 g/mol. The highest BCUT2D eigenvalue weighted by molar-refractivity contribution is 7.91. The zero-order chi connectivity index (χ0) is 24.4. The van der Waals surface area contributed by atoms with Crippen LogP contribution in [0.2, 0.25) is 0 Å². The van der Waals surface area contributed by atoms with E-state index in [1.807, 2.05) is 23.1 Å². The molecule has 2 aliphatic heterocycles. The number of imide groups is 1. The van der Waals surface area contributed by atoms with Crippen molar-refractivity contribution in [2.45, 2.75) is 10.9 Å². The fraction of sp³-hybridized carbons (Fsp3) is 0.231. The summed E-state index contributed by atoms with van der Waals surface area (Å²) in [5, 5.41) is 0. The lowest BCUT2D eigenvalue weighted by Crippen LogP contribution is -2.53. The van der Waals surface area contributed by atoms with Gasteiger partial charge in [0.2, 0.25) is 0 Å². The van der Waals surface area contributed by atoms with Crippen LogP contribution in [0, 0.1) is 0 Å². The van der Waals surface area contributed by atoms with E-state index in [2.05, 4.69) is 0 Å². The summed E-state index contributed by atoms with van der Waals surface area (Å²) in [7, 11) is -3.43. The molecule has 3 aromatic carbocycles. The van der Waals surface area contributed by atoms with E-state index in [9.17, 15) is 18.0 Å². The smallest absolute Gasteiger partial charge is 0.332 e. The molecule has 5 rings (SSSR count). The number of urea groups is 1. The summed E-state index contributed by atoms with van der Waals surface area (Å²) in [5.74, 6) is 0.618. The number of nitrogens with zero attached hydrogens (tertiary/aromatic N) is 3. The van der Waals surface area contributed by atoms with E-state index in [-0.39, 0.29) is 35.7 Å². The van der Waals surface area contributed by atoms with E-state index in [0.717, 1.165) is 0 Å². The molecular formula is C26H25N3O5S. The first-order chi connectivity index (χ1) is 16.9. The average molecular weight is 492 g/mol. The van der Waals surface area contributed by atoms with Gasteiger partial charge in [0.25, 0.3) is 5.91 Å². The number of fused-ring (bicyclic) bond motifs is 1. The molecule has 35 heavy (non-hydrogen) atoms. The van der Waals surface area contributed by atoms with Crippen LogP contribution in [0.25, 0.3) is 0 Å². The lowest BCUT2D eigenvalue weighted by atomic mass is 10.2. The maximum Gasteiger partial charge on any atom is 0.332 e. The molecule has 1 unspecified atom stereocenters. The first kappa shape index (κ1) is 23.1. The molecule has 0 bridgehead atoms. The van der Waals surface area contributed by atoms with E-state index in [4.69, 9.17) is 4.74 Å². The Hall–Kier alpha value is -3.69. The Bertz CT molecular complexity index is 1330. The average Bonchev–Trinajstić information content (AvgIpc) is 3.13. The second-order valence-corrected chi connectivity index (χ2v) is 10.6. The van der Waals surface area contributed by atoms with E-state index in [1.54, 1.807) is 71.6 Å². The minimum atomic E-state index is -3.43. The van der Waals surface area contributed by atoms with Gasteiger partial charge >= 0.3 is 6.03 Å².